The van der Waals surface area contributed by atoms with E-state index in [0.717, 1.165) is 24.0 Å². The fourth-order valence-electron chi connectivity index (χ4n) is 2.95. The molecule has 2 aromatic rings. The number of hydrogen-bond donors (Lipinski definition) is 1. The van der Waals surface area contributed by atoms with E-state index in [1.807, 2.05) is 6.07 Å². The first-order valence-electron chi connectivity index (χ1n) is 6.94. The van der Waals surface area contributed by atoms with E-state index < -0.39 is 0 Å². The highest BCUT2D eigenvalue weighted by molar-refractivity contribution is 7.20. The summed E-state index contributed by atoms with van der Waals surface area (Å²) in [6.07, 6.45) is 3.18. The SMILES string of the molecule is CC1(C)CCC(NC(=O)c2cc3c(F)cccc3s2)C1. The minimum absolute atomic E-state index is 0.0756. The van der Waals surface area contributed by atoms with E-state index in [9.17, 15) is 9.18 Å². The number of amides is 1. The lowest BCUT2D eigenvalue weighted by Gasteiger charge is -2.17. The van der Waals surface area contributed by atoms with E-state index in [4.69, 9.17) is 0 Å². The van der Waals surface area contributed by atoms with Crippen LogP contribution in [0.15, 0.2) is 24.3 Å². The first-order chi connectivity index (χ1) is 9.44. The molecule has 1 aromatic heterocycles. The van der Waals surface area contributed by atoms with E-state index in [2.05, 4.69) is 19.2 Å². The third-order valence-electron chi connectivity index (χ3n) is 4.04. The van der Waals surface area contributed by atoms with Gasteiger partial charge in [0.1, 0.15) is 5.82 Å². The molecule has 20 heavy (non-hydrogen) atoms. The Morgan fingerprint density at radius 1 is 1.45 bits per heavy atom. The minimum Gasteiger partial charge on any atom is -0.349 e. The number of benzene rings is 1. The van der Waals surface area contributed by atoms with Crippen molar-refractivity contribution in [2.45, 2.75) is 39.2 Å². The van der Waals surface area contributed by atoms with E-state index in [-0.39, 0.29) is 17.8 Å². The monoisotopic (exact) mass is 291 g/mol. The van der Waals surface area contributed by atoms with E-state index in [1.165, 1.54) is 17.4 Å². The molecule has 1 fully saturated rings. The third-order valence-corrected chi connectivity index (χ3v) is 5.13. The van der Waals surface area contributed by atoms with Gasteiger partial charge in [-0.25, -0.2) is 4.39 Å². The van der Waals surface area contributed by atoms with Crippen LogP contribution in [0.3, 0.4) is 0 Å². The number of thiophene rings is 1. The predicted octanol–water partition coefficient (Wildman–Crippen LogP) is 4.35. The van der Waals surface area contributed by atoms with Gasteiger partial charge in [-0.05, 0) is 42.9 Å². The van der Waals surface area contributed by atoms with Gasteiger partial charge in [0.2, 0.25) is 0 Å². The predicted molar refractivity (Wildman–Crippen MR) is 80.7 cm³/mol. The van der Waals surface area contributed by atoms with Crippen LogP contribution in [0, 0.1) is 11.2 Å². The molecule has 1 amide bonds. The zero-order valence-corrected chi connectivity index (χ0v) is 12.5. The molecule has 4 heteroatoms. The molecule has 1 atom stereocenters. The van der Waals surface area contributed by atoms with Gasteiger partial charge in [0, 0.05) is 16.1 Å². The number of fused-ring (bicyclic) bond motifs is 1. The molecule has 1 N–H and O–H groups in total. The maximum Gasteiger partial charge on any atom is 0.261 e. The molecule has 1 unspecified atom stereocenters. The van der Waals surface area contributed by atoms with Gasteiger partial charge in [-0.2, -0.15) is 0 Å². The van der Waals surface area contributed by atoms with Crippen molar-refractivity contribution in [1.82, 2.24) is 5.32 Å². The highest BCUT2D eigenvalue weighted by Gasteiger charge is 2.32. The molecule has 1 aliphatic carbocycles. The standard InChI is InChI=1S/C16H18FNOS/c1-16(2)7-6-10(9-16)18-15(19)14-8-11-12(17)4-3-5-13(11)20-14/h3-5,8,10H,6-7,9H2,1-2H3,(H,18,19). The number of carbonyl (C=O) groups excluding carboxylic acids is 1. The summed E-state index contributed by atoms with van der Waals surface area (Å²) >= 11 is 1.35. The molecule has 1 saturated carbocycles. The fraction of sp³-hybridized carbons (Fsp3) is 0.438. The summed E-state index contributed by atoms with van der Waals surface area (Å²) in [6, 6.07) is 6.85. The first-order valence-corrected chi connectivity index (χ1v) is 7.75. The molecule has 0 bridgehead atoms. The van der Waals surface area contributed by atoms with Crippen LogP contribution in [0.2, 0.25) is 0 Å². The average molecular weight is 291 g/mol. The second-order valence-electron chi connectivity index (χ2n) is 6.34. The molecule has 3 rings (SSSR count). The topological polar surface area (TPSA) is 29.1 Å². The molecule has 0 radical (unpaired) electrons. The van der Waals surface area contributed by atoms with Gasteiger partial charge in [0.05, 0.1) is 4.88 Å². The van der Waals surface area contributed by atoms with Crippen LogP contribution in [-0.4, -0.2) is 11.9 Å². The number of nitrogens with one attached hydrogen (secondary N) is 1. The van der Waals surface area contributed by atoms with Crippen LogP contribution < -0.4 is 5.32 Å². The first kappa shape index (κ1) is 13.6. The van der Waals surface area contributed by atoms with Crippen LogP contribution in [-0.2, 0) is 0 Å². The van der Waals surface area contributed by atoms with Gasteiger partial charge < -0.3 is 5.32 Å². The van der Waals surface area contributed by atoms with Crippen molar-refractivity contribution in [2.75, 3.05) is 0 Å². The minimum atomic E-state index is -0.264. The Morgan fingerprint density at radius 2 is 2.25 bits per heavy atom. The summed E-state index contributed by atoms with van der Waals surface area (Å²) in [5.41, 5.74) is 0.310. The Hall–Kier alpha value is -1.42. The van der Waals surface area contributed by atoms with Crippen LogP contribution in [0.4, 0.5) is 4.39 Å². The molecule has 1 heterocycles. The lowest BCUT2D eigenvalue weighted by Crippen LogP contribution is -2.32. The van der Waals surface area contributed by atoms with Crippen molar-refractivity contribution >= 4 is 27.3 Å². The van der Waals surface area contributed by atoms with Gasteiger partial charge in [-0.3, -0.25) is 4.79 Å². The summed E-state index contributed by atoms with van der Waals surface area (Å²) in [4.78, 5) is 12.9. The molecule has 0 spiro atoms. The number of rotatable bonds is 2. The van der Waals surface area contributed by atoms with Crippen molar-refractivity contribution < 1.29 is 9.18 Å². The second-order valence-corrected chi connectivity index (χ2v) is 7.42. The summed E-state index contributed by atoms with van der Waals surface area (Å²) in [5, 5.41) is 3.62. The van der Waals surface area contributed by atoms with Crippen molar-refractivity contribution in [3.63, 3.8) is 0 Å². The number of carbonyl (C=O) groups is 1. The number of halogens is 1. The lowest BCUT2D eigenvalue weighted by molar-refractivity contribution is 0.0940. The Kier molecular flexibility index (Phi) is 3.28. The van der Waals surface area contributed by atoms with E-state index in [0.29, 0.717) is 15.7 Å². The summed E-state index contributed by atoms with van der Waals surface area (Å²) in [6.45, 7) is 4.46. The largest absolute Gasteiger partial charge is 0.349 e. The molecule has 1 aliphatic rings. The van der Waals surface area contributed by atoms with Crippen LogP contribution in [0.5, 0.6) is 0 Å². The fourth-order valence-corrected chi connectivity index (χ4v) is 3.93. The highest BCUT2D eigenvalue weighted by Crippen LogP contribution is 2.37. The van der Waals surface area contributed by atoms with Crippen LogP contribution in [0.1, 0.15) is 42.8 Å². The Labute approximate surface area is 122 Å². The third kappa shape index (κ3) is 2.57. The summed E-state index contributed by atoms with van der Waals surface area (Å²) in [7, 11) is 0. The molecule has 2 nitrogen and oxygen atoms in total. The van der Waals surface area contributed by atoms with Crippen molar-refractivity contribution in [1.29, 1.82) is 0 Å². The van der Waals surface area contributed by atoms with Gasteiger partial charge in [-0.1, -0.05) is 19.9 Å². The zero-order valence-electron chi connectivity index (χ0n) is 11.7. The highest BCUT2D eigenvalue weighted by atomic mass is 32.1. The van der Waals surface area contributed by atoms with Gasteiger partial charge in [0.25, 0.3) is 5.91 Å². The Morgan fingerprint density at radius 3 is 2.90 bits per heavy atom. The van der Waals surface area contributed by atoms with Crippen LogP contribution >= 0.6 is 11.3 Å². The lowest BCUT2D eigenvalue weighted by atomic mass is 9.92. The van der Waals surface area contributed by atoms with E-state index >= 15 is 0 Å². The quantitative estimate of drug-likeness (QED) is 0.875. The normalized spacial score (nSPS) is 21.2. The van der Waals surface area contributed by atoms with E-state index in [1.54, 1.807) is 12.1 Å². The summed E-state index contributed by atoms with van der Waals surface area (Å²) < 4.78 is 14.5. The van der Waals surface area contributed by atoms with Crippen LogP contribution in [0.25, 0.3) is 10.1 Å². The second kappa shape index (κ2) is 4.85. The van der Waals surface area contributed by atoms with Crippen molar-refractivity contribution in [3.8, 4) is 0 Å². The maximum absolute atomic E-state index is 13.6. The molecule has 0 saturated heterocycles. The molecular formula is C16H18FNOS. The molecule has 1 aromatic carbocycles. The number of hydrogen-bond acceptors (Lipinski definition) is 2. The van der Waals surface area contributed by atoms with Gasteiger partial charge in [-0.15, -0.1) is 11.3 Å². The van der Waals surface area contributed by atoms with Gasteiger partial charge in [0.15, 0.2) is 0 Å². The average Bonchev–Trinajstić information content (AvgIpc) is 2.94. The molecule has 106 valence electrons. The van der Waals surface area contributed by atoms with Crippen molar-refractivity contribution in [2.24, 2.45) is 5.41 Å². The summed E-state index contributed by atoms with van der Waals surface area (Å²) in [5.74, 6) is -0.340. The smallest absolute Gasteiger partial charge is 0.261 e. The molecule has 0 aliphatic heterocycles. The van der Waals surface area contributed by atoms with Gasteiger partial charge >= 0.3 is 0 Å². The Bertz CT molecular complexity index is 662. The zero-order chi connectivity index (χ0) is 14.3. The Balaban J connectivity index is 1.78. The molecular weight excluding hydrogens is 273 g/mol. The maximum atomic E-state index is 13.6. The van der Waals surface area contributed by atoms with Crippen molar-refractivity contribution in [3.05, 3.63) is 35.0 Å².